The van der Waals surface area contributed by atoms with Gasteiger partial charge in [-0.3, -0.25) is 9.59 Å². The topological polar surface area (TPSA) is 84.9 Å². The van der Waals surface area contributed by atoms with E-state index in [-0.39, 0.29) is 29.8 Å². The Labute approximate surface area is 159 Å². The van der Waals surface area contributed by atoms with Gasteiger partial charge in [0, 0.05) is 25.0 Å². The van der Waals surface area contributed by atoms with Crippen LogP contribution in [0.2, 0.25) is 0 Å². The van der Waals surface area contributed by atoms with Gasteiger partial charge in [0.15, 0.2) is 5.79 Å². The molecule has 26 heavy (non-hydrogen) atoms. The van der Waals surface area contributed by atoms with Gasteiger partial charge in [-0.1, -0.05) is 30.3 Å². The third kappa shape index (κ3) is 5.47. The van der Waals surface area contributed by atoms with Crippen molar-refractivity contribution in [1.29, 1.82) is 0 Å². The molecule has 1 amide bonds. The van der Waals surface area contributed by atoms with E-state index in [0.717, 1.165) is 56.7 Å². The van der Waals surface area contributed by atoms with Crippen molar-refractivity contribution in [2.75, 3.05) is 5.75 Å². The minimum absolute atomic E-state index is 0.147. The maximum Gasteiger partial charge on any atom is 0.306 e. The monoisotopic (exact) mass is 383 g/mol. The number of allylic oxidation sites excluding steroid dienone is 2. The van der Waals surface area contributed by atoms with Crippen LogP contribution in [0, 0.1) is 0 Å². The van der Waals surface area contributed by atoms with Gasteiger partial charge in [-0.25, -0.2) is 0 Å². The molecule has 0 aliphatic carbocycles. The lowest BCUT2D eigenvalue weighted by atomic mass is 9.91. The number of ether oxygens (including phenoxy) is 2. The van der Waals surface area contributed by atoms with E-state index in [1.807, 2.05) is 0 Å². The largest absolute Gasteiger partial charge is 0.462 e. The van der Waals surface area contributed by atoms with E-state index in [1.165, 1.54) is 0 Å². The van der Waals surface area contributed by atoms with Crippen molar-refractivity contribution < 1.29 is 24.2 Å². The molecule has 7 heteroatoms. The zero-order chi connectivity index (χ0) is 18.4. The average Bonchev–Trinajstić information content (AvgIpc) is 3.02. The fourth-order valence-electron chi connectivity index (χ4n) is 3.86. The van der Waals surface area contributed by atoms with Gasteiger partial charge in [0.2, 0.25) is 0 Å². The minimum atomic E-state index is -1.48. The molecule has 0 aromatic rings. The molecule has 6 nitrogen and oxygen atoms in total. The van der Waals surface area contributed by atoms with Crippen LogP contribution in [0.5, 0.6) is 0 Å². The van der Waals surface area contributed by atoms with E-state index >= 15 is 0 Å². The first-order valence-corrected chi connectivity index (χ1v) is 10.7. The van der Waals surface area contributed by atoms with Crippen LogP contribution >= 0.6 is 11.8 Å². The zero-order valence-corrected chi connectivity index (χ0v) is 16.0. The second-order valence-corrected chi connectivity index (χ2v) is 8.43. The number of hydrogen-bond acceptors (Lipinski definition) is 6. The quantitative estimate of drug-likeness (QED) is 0.534. The van der Waals surface area contributed by atoms with Crippen molar-refractivity contribution in [2.45, 2.75) is 88.2 Å². The maximum absolute atomic E-state index is 12.2. The molecular weight excluding hydrogens is 354 g/mol. The molecule has 0 aromatic heterocycles. The number of amides is 1. The highest BCUT2D eigenvalue weighted by Gasteiger charge is 2.49. The zero-order valence-electron chi connectivity index (χ0n) is 15.2. The van der Waals surface area contributed by atoms with Crippen LogP contribution in [0.1, 0.15) is 64.2 Å². The number of aliphatic hydroxyl groups is 1. The highest BCUT2D eigenvalue weighted by Crippen LogP contribution is 2.36. The molecule has 0 spiro atoms. The molecule has 2 bridgehead atoms. The molecule has 0 aromatic carbocycles. The highest BCUT2D eigenvalue weighted by molar-refractivity contribution is 8.14. The molecule has 0 unspecified atom stereocenters. The van der Waals surface area contributed by atoms with Gasteiger partial charge < -0.3 is 19.9 Å². The van der Waals surface area contributed by atoms with E-state index in [4.69, 9.17) is 9.47 Å². The number of esters is 1. The summed E-state index contributed by atoms with van der Waals surface area (Å²) in [6.07, 6.45) is 11.9. The summed E-state index contributed by atoms with van der Waals surface area (Å²) >= 11 is 1.15. The third-order valence-corrected chi connectivity index (χ3v) is 6.13. The molecule has 2 saturated heterocycles. The second kappa shape index (κ2) is 9.24. The Kier molecular flexibility index (Phi) is 7.00. The Morgan fingerprint density at radius 1 is 1.12 bits per heavy atom. The summed E-state index contributed by atoms with van der Waals surface area (Å²) in [6.45, 7) is 0. The molecule has 3 rings (SSSR count). The van der Waals surface area contributed by atoms with Crippen LogP contribution in [0.25, 0.3) is 0 Å². The molecule has 0 saturated carbocycles. The van der Waals surface area contributed by atoms with Gasteiger partial charge in [-0.2, -0.15) is 0 Å². The summed E-state index contributed by atoms with van der Waals surface area (Å²) in [5.74, 6) is -1.21. The smallest absolute Gasteiger partial charge is 0.306 e. The first kappa shape index (κ1) is 19.7. The lowest BCUT2D eigenvalue weighted by molar-refractivity contribution is -0.284. The van der Waals surface area contributed by atoms with Gasteiger partial charge in [-0.05, 0) is 38.5 Å². The van der Waals surface area contributed by atoms with Crippen molar-refractivity contribution in [3.63, 3.8) is 0 Å². The van der Waals surface area contributed by atoms with Crippen molar-refractivity contribution in [3.8, 4) is 0 Å². The molecule has 0 radical (unpaired) electrons. The van der Waals surface area contributed by atoms with Crippen molar-refractivity contribution in [2.24, 2.45) is 0 Å². The van der Waals surface area contributed by atoms with E-state index in [1.54, 1.807) is 0 Å². The predicted octanol–water partition coefficient (Wildman–Crippen LogP) is 3.28. The lowest BCUT2D eigenvalue weighted by Gasteiger charge is -2.43. The number of rotatable bonds is 1. The third-order valence-electron chi connectivity index (χ3n) is 5.25. The van der Waals surface area contributed by atoms with Gasteiger partial charge >= 0.3 is 5.97 Å². The number of carbonyl (C=O) groups is 2. The van der Waals surface area contributed by atoms with Crippen LogP contribution in [-0.4, -0.2) is 46.1 Å². The predicted molar refractivity (Wildman–Crippen MR) is 99.8 cm³/mol. The molecule has 2 N–H and O–H groups in total. The average molecular weight is 384 g/mol. The lowest BCUT2D eigenvalue weighted by Crippen LogP contribution is -2.58. The molecule has 3 aliphatic heterocycles. The summed E-state index contributed by atoms with van der Waals surface area (Å²) in [5.41, 5.74) is 0. The standard InChI is InChI=1S/C19H29NO5S/c21-17-10-8-6-4-2-1-3-5-7-9-14-11-15(24-17)12-19(23,25-14)16-13-26-18(22)20-16/h1,3,14-16,23H,2,4-13H2,(H,20,22)/t14-,15-,16+,19-/m1/s1. The Morgan fingerprint density at radius 2 is 1.92 bits per heavy atom. The Bertz CT molecular complexity index is 540. The van der Waals surface area contributed by atoms with Crippen LogP contribution in [0.15, 0.2) is 12.2 Å². The highest BCUT2D eigenvalue weighted by atomic mass is 32.2. The summed E-state index contributed by atoms with van der Waals surface area (Å²) in [7, 11) is 0. The van der Waals surface area contributed by atoms with Gasteiger partial charge in [0.1, 0.15) is 6.10 Å². The van der Waals surface area contributed by atoms with E-state index in [2.05, 4.69) is 17.5 Å². The number of hydrogen-bond donors (Lipinski definition) is 2. The van der Waals surface area contributed by atoms with Crippen LogP contribution in [-0.2, 0) is 14.3 Å². The van der Waals surface area contributed by atoms with E-state index < -0.39 is 11.8 Å². The summed E-state index contributed by atoms with van der Waals surface area (Å²) in [6, 6.07) is -0.467. The fraction of sp³-hybridized carbons (Fsp3) is 0.789. The van der Waals surface area contributed by atoms with Gasteiger partial charge in [0.25, 0.3) is 5.24 Å². The molecular formula is C19H29NO5S. The van der Waals surface area contributed by atoms with Crippen molar-refractivity contribution in [3.05, 3.63) is 12.2 Å². The first-order chi connectivity index (χ1) is 12.5. The Hall–Kier alpha value is -1.05. The van der Waals surface area contributed by atoms with Crippen molar-refractivity contribution in [1.82, 2.24) is 5.32 Å². The summed E-state index contributed by atoms with van der Waals surface area (Å²) in [5, 5.41) is 13.7. The minimum Gasteiger partial charge on any atom is -0.462 e. The number of thioether (sulfide) groups is 1. The van der Waals surface area contributed by atoms with Crippen LogP contribution in [0.4, 0.5) is 4.79 Å². The van der Waals surface area contributed by atoms with E-state index in [0.29, 0.717) is 18.6 Å². The van der Waals surface area contributed by atoms with Crippen LogP contribution in [0.3, 0.4) is 0 Å². The molecule has 4 atom stereocenters. The number of nitrogens with one attached hydrogen (secondary N) is 1. The van der Waals surface area contributed by atoms with E-state index in [9.17, 15) is 14.7 Å². The molecule has 2 fully saturated rings. The molecule has 3 aliphatic rings. The number of carbonyl (C=O) groups excluding carboxylic acids is 2. The molecule has 146 valence electrons. The number of fused-ring (bicyclic) bond motifs is 2. The summed E-state index contributed by atoms with van der Waals surface area (Å²) in [4.78, 5) is 23.7. The molecule has 3 heterocycles. The Balaban J connectivity index is 1.68. The fourth-order valence-corrected chi connectivity index (χ4v) is 4.75. The second-order valence-electron chi connectivity index (χ2n) is 7.43. The SMILES string of the molecule is O=C1CCCCCC=CCCC[C@@H]2C[C@H](C[C@](O)([C@@H]3CSC(=O)N3)O2)O1. The van der Waals surface area contributed by atoms with Crippen molar-refractivity contribution >= 4 is 23.0 Å². The Morgan fingerprint density at radius 3 is 2.69 bits per heavy atom. The van der Waals surface area contributed by atoms with Gasteiger partial charge in [0.05, 0.1) is 12.1 Å². The van der Waals surface area contributed by atoms with Crippen LogP contribution < -0.4 is 5.32 Å². The summed E-state index contributed by atoms with van der Waals surface area (Å²) < 4.78 is 11.7. The normalized spacial score (nSPS) is 37.3. The first-order valence-electron chi connectivity index (χ1n) is 9.73. The van der Waals surface area contributed by atoms with Gasteiger partial charge in [-0.15, -0.1) is 0 Å². The maximum atomic E-state index is 12.2.